The molecule has 2 fully saturated rings. The Morgan fingerprint density at radius 3 is 2.94 bits per heavy atom. The lowest BCUT2D eigenvalue weighted by Crippen LogP contribution is -2.50. The molecule has 2 atom stereocenters. The van der Waals surface area contributed by atoms with Crippen LogP contribution in [-0.4, -0.2) is 40.2 Å². The molecule has 0 saturated carbocycles. The van der Waals surface area contributed by atoms with Gasteiger partial charge in [0.05, 0.1) is 4.75 Å². The summed E-state index contributed by atoms with van der Waals surface area (Å²) in [6.07, 6.45) is 3.52. The van der Waals surface area contributed by atoms with Crippen LogP contribution in [0.2, 0.25) is 0 Å². The third kappa shape index (κ3) is 2.51. The van der Waals surface area contributed by atoms with Gasteiger partial charge in [0.15, 0.2) is 0 Å². The van der Waals surface area contributed by atoms with E-state index >= 15 is 0 Å². The SMILES string of the molecule is CCC1CN(C(=O)C2(C)CCCS2)CCC1=O. The summed E-state index contributed by atoms with van der Waals surface area (Å²) in [6, 6.07) is 0. The van der Waals surface area contributed by atoms with Crippen molar-refractivity contribution in [2.75, 3.05) is 18.8 Å². The lowest BCUT2D eigenvalue weighted by atomic mass is 9.92. The summed E-state index contributed by atoms with van der Waals surface area (Å²) in [6.45, 7) is 5.36. The Morgan fingerprint density at radius 2 is 2.35 bits per heavy atom. The van der Waals surface area contributed by atoms with Crippen molar-refractivity contribution in [2.24, 2.45) is 5.92 Å². The van der Waals surface area contributed by atoms with E-state index in [0.717, 1.165) is 25.0 Å². The molecule has 0 aromatic heterocycles. The van der Waals surface area contributed by atoms with Crippen molar-refractivity contribution in [3.05, 3.63) is 0 Å². The van der Waals surface area contributed by atoms with Gasteiger partial charge in [0.25, 0.3) is 0 Å². The first-order chi connectivity index (χ1) is 8.07. The Bertz CT molecular complexity index is 323. The average Bonchev–Trinajstić information content (AvgIpc) is 2.77. The Balaban J connectivity index is 2.03. The number of piperidine rings is 1. The molecular formula is C13H21NO2S. The van der Waals surface area contributed by atoms with Crippen molar-refractivity contribution >= 4 is 23.5 Å². The predicted octanol–water partition coefficient (Wildman–Crippen LogP) is 2.10. The van der Waals surface area contributed by atoms with Crippen LogP contribution in [0.15, 0.2) is 0 Å². The molecule has 4 heteroatoms. The van der Waals surface area contributed by atoms with Crippen LogP contribution in [0, 0.1) is 5.92 Å². The van der Waals surface area contributed by atoms with Gasteiger partial charge in [-0.05, 0) is 31.9 Å². The monoisotopic (exact) mass is 255 g/mol. The highest BCUT2D eigenvalue weighted by atomic mass is 32.2. The predicted molar refractivity (Wildman–Crippen MR) is 70.1 cm³/mol. The summed E-state index contributed by atoms with van der Waals surface area (Å²) >= 11 is 1.78. The lowest BCUT2D eigenvalue weighted by Gasteiger charge is -2.36. The average molecular weight is 255 g/mol. The molecule has 96 valence electrons. The van der Waals surface area contributed by atoms with E-state index in [1.807, 2.05) is 11.8 Å². The van der Waals surface area contributed by atoms with Crippen LogP contribution in [0.5, 0.6) is 0 Å². The van der Waals surface area contributed by atoms with Crippen LogP contribution in [-0.2, 0) is 9.59 Å². The van der Waals surface area contributed by atoms with E-state index in [1.54, 1.807) is 11.8 Å². The maximum absolute atomic E-state index is 12.5. The summed E-state index contributed by atoms with van der Waals surface area (Å²) < 4.78 is -0.224. The number of amides is 1. The summed E-state index contributed by atoms with van der Waals surface area (Å²) in [7, 11) is 0. The van der Waals surface area contributed by atoms with E-state index in [9.17, 15) is 9.59 Å². The summed E-state index contributed by atoms with van der Waals surface area (Å²) in [5.41, 5.74) is 0. The molecule has 2 unspecified atom stereocenters. The molecule has 2 aliphatic heterocycles. The van der Waals surface area contributed by atoms with Gasteiger partial charge in [-0.1, -0.05) is 6.92 Å². The Labute approximate surface area is 107 Å². The Kier molecular flexibility index (Phi) is 3.81. The van der Waals surface area contributed by atoms with Gasteiger partial charge in [-0.2, -0.15) is 0 Å². The van der Waals surface area contributed by atoms with E-state index in [0.29, 0.717) is 25.3 Å². The molecule has 0 bridgehead atoms. The Morgan fingerprint density at radius 1 is 1.59 bits per heavy atom. The van der Waals surface area contributed by atoms with Crippen molar-refractivity contribution in [3.8, 4) is 0 Å². The zero-order chi connectivity index (χ0) is 12.5. The number of rotatable bonds is 2. The number of Topliss-reactive ketones (excluding diaryl/α,β-unsaturated/α-hetero) is 1. The van der Waals surface area contributed by atoms with Crippen molar-refractivity contribution < 1.29 is 9.59 Å². The zero-order valence-electron chi connectivity index (χ0n) is 10.7. The highest BCUT2D eigenvalue weighted by Gasteiger charge is 2.41. The van der Waals surface area contributed by atoms with E-state index < -0.39 is 0 Å². The molecule has 2 heterocycles. The summed E-state index contributed by atoms with van der Waals surface area (Å²) in [4.78, 5) is 26.1. The highest BCUT2D eigenvalue weighted by molar-refractivity contribution is 8.01. The van der Waals surface area contributed by atoms with Gasteiger partial charge in [-0.3, -0.25) is 9.59 Å². The van der Waals surface area contributed by atoms with Crippen LogP contribution in [0.3, 0.4) is 0 Å². The first-order valence-corrected chi connectivity index (χ1v) is 7.51. The quantitative estimate of drug-likeness (QED) is 0.758. The maximum Gasteiger partial charge on any atom is 0.238 e. The lowest BCUT2D eigenvalue weighted by molar-refractivity contribution is -0.139. The third-order valence-corrected chi connectivity index (χ3v) is 5.48. The van der Waals surface area contributed by atoms with Crippen LogP contribution in [0.25, 0.3) is 0 Å². The van der Waals surface area contributed by atoms with Gasteiger partial charge in [0, 0.05) is 25.4 Å². The maximum atomic E-state index is 12.5. The van der Waals surface area contributed by atoms with Gasteiger partial charge in [0.2, 0.25) is 5.91 Å². The van der Waals surface area contributed by atoms with Crippen LogP contribution in [0.1, 0.15) is 39.5 Å². The fourth-order valence-electron chi connectivity index (χ4n) is 2.73. The molecule has 1 amide bonds. The van der Waals surface area contributed by atoms with Crippen LogP contribution >= 0.6 is 11.8 Å². The van der Waals surface area contributed by atoms with Gasteiger partial charge >= 0.3 is 0 Å². The van der Waals surface area contributed by atoms with Crippen LogP contribution < -0.4 is 0 Å². The fourth-order valence-corrected chi connectivity index (χ4v) is 4.01. The number of ketones is 1. The second-order valence-electron chi connectivity index (χ2n) is 5.26. The summed E-state index contributed by atoms with van der Waals surface area (Å²) in [5, 5.41) is 0. The molecule has 3 nitrogen and oxygen atoms in total. The molecule has 2 rings (SSSR count). The molecule has 0 aromatic rings. The van der Waals surface area contributed by atoms with E-state index in [-0.39, 0.29) is 16.6 Å². The molecule has 2 aliphatic rings. The van der Waals surface area contributed by atoms with Crippen LogP contribution in [0.4, 0.5) is 0 Å². The highest BCUT2D eigenvalue weighted by Crippen LogP contribution is 2.39. The molecular weight excluding hydrogens is 234 g/mol. The minimum Gasteiger partial charge on any atom is -0.340 e. The third-order valence-electron chi connectivity index (χ3n) is 3.98. The van der Waals surface area contributed by atoms with Crippen molar-refractivity contribution in [3.63, 3.8) is 0 Å². The minimum atomic E-state index is -0.224. The number of carbonyl (C=O) groups is 2. The molecule has 17 heavy (non-hydrogen) atoms. The van der Waals surface area contributed by atoms with E-state index in [4.69, 9.17) is 0 Å². The number of hydrogen-bond acceptors (Lipinski definition) is 3. The first-order valence-electron chi connectivity index (χ1n) is 6.53. The van der Waals surface area contributed by atoms with E-state index in [1.165, 1.54) is 0 Å². The molecule has 0 spiro atoms. The normalized spacial score (nSPS) is 34.1. The number of carbonyl (C=O) groups excluding carboxylic acids is 2. The van der Waals surface area contributed by atoms with Gasteiger partial charge in [-0.25, -0.2) is 0 Å². The number of likely N-dealkylation sites (tertiary alicyclic amines) is 1. The molecule has 2 saturated heterocycles. The minimum absolute atomic E-state index is 0.0719. The summed E-state index contributed by atoms with van der Waals surface area (Å²) in [5.74, 6) is 1.75. The zero-order valence-corrected chi connectivity index (χ0v) is 11.5. The second kappa shape index (κ2) is 5.01. The van der Waals surface area contributed by atoms with Crippen molar-refractivity contribution in [1.29, 1.82) is 0 Å². The van der Waals surface area contributed by atoms with Crippen molar-refractivity contribution in [1.82, 2.24) is 4.90 Å². The number of hydrogen-bond donors (Lipinski definition) is 0. The molecule has 0 N–H and O–H groups in total. The number of thioether (sulfide) groups is 1. The van der Waals surface area contributed by atoms with Gasteiger partial charge < -0.3 is 4.90 Å². The van der Waals surface area contributed by atoms with Gasteiger partial charge in [-0.15, -0.1) is 11.8 Å². The Hall–Kier alpha value is -0.510. The van der Waals surface area contributed by atoms with Crippen molar-refractivity contribution in [2.45, 2.75) is 44.3 Å². The fraction of sp³-hybridized carbons (Fsp3) is 0.846. The van der Waals surface area contributed by atoms with Gasteiger partial charge in [0.1, 0.15) is 5.78 Å². The number of nitrogens with zero attached hydrogens (tertiary/aromatic N) is 1. The largest absolute Gasteiger partial charge is 0.340 e. The topological polar surface area (TPSA) is 37.4 Å². The molecule has 0 aliphatic carbocycles. The molecule has 0 radical (unpaired) electrons. The first kappa shape index (κ1) is 12.9. The smallest absolute Gasteiger partial charge is 0.238 e. The van der Waals surface area contributed by atoms with E-state index in [2.05, 4.69) is 6.92 Å². The second-order valence-corrected chi connectivity index (χ2v) is 6.85. The standard InChI is InChI=1S/C13H21NO2S/c1-3-10-9-14(7-5-11(10)15)12(16)13(2)6-4-8-17-13/h10H,3-9H2,1-2H3. The molecule has 0 aromatic carbocycles.